The molecule has 1 saturated heterocycles. The maximum atomic E-state index is 12.4. The zero-order valence-corrected chi connectivity index (χ0v) is 13.8. The quantitative estimate of drug-likeness (QED) is 0.840. The first-order valence-electron chi connectivity index (χ1n) is 8.44. The van der Waals surface area contributed by atoms with Crippen LogP contribution in [0, 0.1) is 12.8 Å². The van der Waals surface area contributed by atoms with E-state index in [0.717, 1.165) is 23.5 Å². The molecule has 0 atom stereocenters. The minimum atomic E-state index is -0.808. The molecular formula is C18H26N2O3. The normalized spacial score (nSPS) is 20.1. The van der Waals surface area contributed by atoms with E-state index < -0.39 is 5.54 Å². The molecule has 2 fully saturated rings. The van der Waals surface area contributed by atoms with Crippen LogP contribution in [0.2, 0.25) is 0 Å². The molecule has 5 heteroatoms. The minimum Gasteiger partial charge on any atom is -0.493 e. The van der Waals surface area contributed by atoms with Gasteiger partial charge in [-0.25, -0.2) is 0 Å². The van der Waals surface area contributed by atoms with Crippen molar-refractivity contribution in [1.82, 2.24) is 5.32 Å². The summed E-state index contributed by atoms with van der Waals surface area (Å²) in [6.07, 6.45) is 3.65. The second kappa shape index (κ2) is 6.89. The molecule has 1 aliphatic carbocycles. The van der Waals surface area contributed by atoms with Gasteiger partial charge in [0, 0.05) is 25.3 Å². The highest BCUT2D eigenvalue weighted by molar-refractivity contribution is 5.86. The van der Waals surface area contributed by atoms with Gasteiger partial charge in [-0.15, -0.1) is 0 Å². The van der Waals surface area contributed by atoms with Crippen LogP contribution >= 0.6 is 0 Å². The second-order valence-corrected chi connectivity index (χ2v) is 6.82. The van der Waals surface area contributed by atoms with Crippen molar-refractivity contribution in [1.29, 1.82) is 0 Å². The molecule has 126 valence electrons. The van der Waals surface area contributed by atoms with Crippen molar-refractivity contribution in [2.75, 3.05) is 19.8 Å². The molecular weight excluding hydrogens is 292 g/mol. The molecule has 1 aromatic carbocycles. The Balaban J connectivity index is 1.61. The number of carbonyl (C=O) groups excluding carboxylic acids is 1. The summed E-state index contributed by atoms with van der Waals surface area (Å²) in [5.74, 6) is 1.47. The van der Waals surface area contributed by atoms with Crippen molar-refractivity contribution < 1.29 is 14.3 Å². The average Bonchev–Trinajstić information content (AvgIpc) is 3.36. The van der Waals surface area contributed by atoms with E-state index in [0.29, 0.717) is 38.5 Å². The van der Waals surface area contributed by atoms with Gasteiger partial charge in [-0.1, -0.05) is 12.1 Å². The van der Waals surface area contributed by atoms with Gasteiger partial charge in [0.1, 0.15) is 5.75 Å². The van der Waals surface area contributed by atoms with Crippen LogP contribution in [0.4, 0.5) is 0 Å². The molecule has 0 aromatic heterocycles. The third-order valence-electron chi connectivity index (χ3n) is 4.67. The number of amides is 1. The van der Waals surface area contributed by atoms with E-state index in [1.165, 1.54) is 12.8 Å². The topological polar surface area (TPSA) is 73.6 Å². The summed E-state index contributed by atoms with van der Waals surface area (Å²) in [4.78, 5) is 12.4. The van der Waals surface area contributed by atoms with Crippen LogP contribution in [0.1, 0.15) is 36.8 Å². The van der Waals surface area contributed by atoms with Gasteiger partial charge in [0.05, 0.1) is 12.1 Å². The van der Waals surface area contributed by atoms with Crippen LogP contribution in [-0.2, 0) is 16.1 Å². The van der Waals surface area contributed by atoms with Crippen molar-refractivity contribution in [3.8, 4) is 5.75 Å². The molecule has 3 rings (SSSR count). The Morgan fingerprint density at radius 1 is 1.39 bits per heavy atom. The van der Waals surface area contributed by atoms with E-state index in [4.69, 9.17) is 15.2 Å². The molecule has 1 aromatic rings. The molecule has 3 N–H and O–H groups in total. The fourth-order valence-electron chi connectivity index (χ4n) is 2.75. The number of ether oxygens (including phenoxy) is 2. The first kappa shape index (κ1) is 16.3. The van der Waals surface area contributed by atoms with Gasteiger partial charge < -0.3 is 20.5 Å². The first-order valence-corrected chi connectivity index (χ1v) is 8.44. The molecule has 0 bridgehead atoms. The summed E-state index contributed by atoms with van der Waals surface area (Å²) < 4.78 is 11.2. The van der Waals surface area contributed by atoms with Crippen molar-refractivity contribution in [2.45, 2.75) is 44.7 Å². The van der Waals surface area contributed by atoms with E-state index in [-0.39, 0.29) is 5.91 Å². The van der Waals surface area contributed by atoms with E-state index in [1.54, 1.807) is 0 Å². The van der Waals surface area contributed by atoms with Gasteiger partial charge in [0.25, 0.3) is 0 Å². The Morgan fingerprint density at radius 3 is 2.83 bits per heavy atom. The molecule has 1 heterocycles. The highest BCUT2D eigenvalue weighted by Crippen LogP contribution is 2.30. The summed E-state index contributed by atoms with van der Waals surface area (Å²) in [7, 11) is 0. The predicted molar refractivity (Wildman–Crippen MR) is 88.2 cm³/mol. The van der Waals surface area contributed by atoms with Crippen LogP contribution in [0.5, 0.6) is 5.75 Å². The summed E-state index contributed by atoms with van der Waals surface area (Å²) in [6, 6.07) is 6.10. The third kappa shape index (κ3) is 4.24. The number of carbonyl (C=O) groups is 1. The fraction of sp³-hybridized carbons (Fsp3) is 0.611. The monoisotopic (exact) mass is 318 g/mol. The molecule has 0 spiro atoms. The van der Waals surface area contributed by atoms with Crippen molar-refractivity contribution in [3.63, 3.8) is 0 Å². The number of aryl methyl sites for hydroxylation is 1. The molecule has 23 heavy (non-hydrogen) atoms. The van der Waals surface area contributed by atoms with Crippen LogP contribution in [0.15, 0.2) is 18.2 Å². The van der Waals surface area contributed by atoms with Crippen LogP contribution in [0.25, 0.3) is 0 Å². The number of hydrogen-bond donors (Lipinski definition) is 2. The van der Waals surface area contributed by atoms with Crippen molar-refractivity contribution in [2.24, 2.45) is 11.7 Å². The predicted octanol–water partition coefficient (Wildman–Crippen LogP) is 1.91. The lowest BCUT2D eigenvalue weighted by molar-refractivity contribution is -0.129. The van der Waals surface area contributed by atoms with Gasteiger partial charge in [0.2, 0.25) is 5.91 Å². The minimum absolute atomic E-state index is 0.102. The molecule has 0 unspecified atom stereocenters. The Kier molecular flexibility index (Phi) is 4.87. The zero-order valence-electron chi connectivity index (χ0n) is 13.8. The van der Waals surface area contributed by atoms with Crippen molar-refractivity contribution >= 4 is 5.91 Å². The second-order valence-electron chi connectivity index (χ2n) is 6.82. The van der Waals surface area contributed by atoms with Crippen molar-refractivity contribution in [3.05, 3.63) is 29.3 Å². The molecule has 1 amide bonds. The first-order chi connectivity index (χ1) is 11.1. The molecule has 0 radical (unpaired) electrons. The van der Waals surface area contributed by atoms with Gasteiger partial charge in [-0.3, -0.25) is 4.79 Å². The van der Waals surface area contributed by atoms with Crippen LogP contribution < -0.4 is 15.8 Å². The van der Waals surface area contributed by atoms with E-state index in [2.05, 4.69) is 5.32 Å². The van der Waals surface area contributed by atoms with Crippen LogP contribution in [0.3, 0.4) is 0 Å². The fourth-order valence-corrected chi connectivity index (χ4v) is 2.75. The van der Waals surface area contributed by atoms with E-state index in [9.17, 15) is 4.79 Å². The average molecular weight is 318 g/mol. The molecule has 5 nitrogen and oxygen atoms in total. The van der Waals surface area contributed by atoms with Crippen LogP contribution in [-0.4, -0.2) is 31.3 Å². The Labute approximate surface area is 137 Å². The summed E-state index contributed by atoms with van der Waals surface area (Å²) in [5, 5.41) is 2.97. The van der Waals surface area contributed by atoms with E-state index >= 15 is 0 Å². The molecule has 2 aliphatic rings. The van der Waals surface area contributed by atoms with Gasteiger partial charge in [-0.2, -0.15) is 0 Å². The molecule has 1 aliphatic heterocycles. The van der Waals surface area contributed by atoms with Gasteiger partial charge in [0.15, 0.2) is 0 Å². The maximum Gasteiger partial charge on any atom is 0.240 e. The standard InChI is InChI=1S/C18H26N2O3/c1-13-2-5-15(16(10-13)23-12-14-3-4-14)11-20-17(21)18(19)6-8-22-9-7-18/h2,5,10,14H,3-4,6-9,11-12,19H2,1H3,(H,20,21). The largest absolute Gasteiger partial charge is 0.493 e. The lowest BCUT2D eigenvalue weighted by Crippen LogP contribution is -2.56. The number of rotatable bonds is 6. The van der Waals surface area contributed by atoms with Gasteiger partial charge >= 0.3 is 0 Å². The van der Waals surface area contributed by atoms with Gasteiger partial charge in [-0.05, 0) is 50.2 Å². The smallest absolute Gasteiger partial charge is 0.240 e. The van der Waals surface area contributed by atoms with E-state index in [1.807, 2.05) is 25.1 Å². The number of nitrogens with two attached hydrogens (primary N) is 1. The lowest BCUT2D eigenvalue weighted by atomic mass is 9.90. The lowest BCUT2D eigenvalue weighted by Gasteiger charge is -2.31. The Hall–Kier alpha value is -1.59. The Bertz CT molecular complexity index is 563. The highest BCUT2D eigenvalue weighted by atomic mass is 16.5. The number of nitrogens with one attached hydrogen (secondary N) is 1. The summed E-state index contributed by atoms with van der Waals surface area (Å²) in [5.41, 5.74) is 7.56. The Morgan fingerprint density at radius 2 is 2.13 bits per heavy atom. The number of benzene rings is 1. The maximum absolute atomic E-state index is 12.4. The molecule has 1 saturated carbocycles. The summed E-state index contributed by atoms with van der Waals surface area (Å²) in [6.45, 7) is 4.35. The zero-order chi connectivity index (χ0) is 16.3. The number of hydrogen-bond acceptors (Lipinski definition) is 4. The summed E-state index contributed by atoms with van der Waals surface area (Å²) >= 11 is 0. The third-order valence-corrected chi connectivity index (χ3v) is 4.67. The highest BCUT2D eigenvalue weighted by Gasteiger charge is 2.35. The SMILES string of the molecule is Cc1ccc(CNC(=O)C2(N)CCOCC2)c(OCC2CC2)c1.